The van der Waals surface area contributed by atoms with E-state index in [0.29, 0.717) is 5.82 Å². The quantitative estimate of drug-likeness (QED) is 0.628. The van der Waals surface area contributed by atoms with Crippen LogP contribution < -0.4 is 5.19 Å². The lowest BCUT2D eigenvalue weighted by molar-refractivity contribution is 0.00578. The van der Waals surface area contributed by atoms with Crippen LogP contribution in [0.5, 0.6) is 0 Å². The molecule has 0 radical (unpaired) electrons. The minimum absolute atomic E-state index is 0.0722. The van der Waals surface area contributed by atoms with Crippen LogP contribution in [0.3, 0.4) is 0 Å². The lowest BCUT2D eigenvalue weighted by Gasteiger charge is -2.32. The highest BCUT2D eigenvalue weighted by atomic mass is 28.3. The molecule has 1 unspecified atom stereocenters. The van der Waals surface area contributed by atoms with Gasteiger partial charge in [-0.2, -0.15) is 0 Å². The van der Waals surface area contributed by atoms with Gasteiger partial charge in [-0.05, 0) is 33.5 Å². The van der Waals surface area contributed by atoms with E-state index in [1.807, 2.05) is 0 Å². The zero-order chi connectivity index (χ0) is 18.0. The molecule has 134 valence electrons. The van der Waals surface area contributed by atoms with E-state index in [0.717, 1.165) is 0 Å². The fourth-order valence-electron chi connectivity index (χ4n) is 3.54. The average Bonchev–Trinajstić information content (AvgIpc) is 2.72. The van der Waals surface area contributed by atoms with Gasteiger partial charge in [0.2, 0.25) is 0 Å². The molecule has 1 atom stereocenters. The van der Waals surface area contributed by atoms with Gasteiger partial charge in [0.1, 0.15) is 0 Å². The number of unbranched alkanes of at least 4 members (excludes halogenated alkanes) is 1. The van der Waals surface area contributed by atoms with E-state index < -0.39 is 8.07 Å². The molecule has 1 aliphatic heterocycles. The second kappa shape index (κ2) is 7.35. The molecule has 24 heavy (non-hydrogen) atoms. The number of benzene rings is 1. The van der Waals surface area contributed by atoms with Crippen LogP contribution in [0.4, 0.5) is 0 Å². The molecule has 0 N–H and O–H groups in total. The van der Waals surface area contributed by atoms with Crippen molar-refractivity contribution in [3.63, 3.8) is 0 Å². The second-order valence-electron chi connectivity index (χ2n) is 8.98. The highest BCUT2D eigenvalue weighted by Gasteiger charge is 2.54. The van der Waals surface area contributed by atoms with Crippen molar-refractivity contribution in [2.24, 2.45) is 0 Å². The summed E-state index contributed by atoms with van der Waals surface area (Å²) >= 11 is 0. The maximum absolute atomic E-state index is 6.41. The minimum atomic E-state index is -1.51. The van der Waals surface area contributed by atoms with Gasteiger partial charge in [0.05, 0.1) is 19.3 Å². The van der Waals surface area contributed by atoms with E-state index in [2.05, 4.69) is 78.0 Å². The first-order chi connectivity index (χ1) is 11.1. The minimum Gasteiger partial charge on any atom is -0.403 e. The molecule has 1 heterocycles. The van der Waals surface area contributed by atoms with Gasteiger partial charge in [0.25, 0.3) is 0 Å². The van der Waals surface area contributed by atoms with Crippen LogP contribution >= 0.6 is 0 Å². The summed E-state index contributed by atoms with van der Waals surface area (Å²) in [7, 11) is -1.58. The first-order valence-corrected chi connectivity index (χ1v) is 12.7. The molecule has 0 amide bonds. The largest absolute Gasteiger partial charge is 0.460 e. The van der Waals surface area contributed by atoms with E-state index >= 15 is 0 Å². The van der Waals surface area contributed by atoms with Crippen LogP contribution in [0.2, 0.25) is 25.0 Å². The van der Waals surface area contributed by atoms with Gasteiger partial charge >= 0.3 is 7.12 Å². The summed E-state index contributed by atoms with van der Waals surface area (Å²) in [5.41, 5.74) is -0.471. The molecular formula is C20H35BO2Si. The molecule has 0 aromatic heterocycles. The highest BCUT2D eigenvalue weighted by Crippen LogP contribution is 2.43. The molecule has 0 spiro atoms. The first-order valence-electron chi connectivity index (χ1n) is 9.50. The zero-order valence-electron chi connectivity index (χ0n) is 16.7. The number of hydrogen-bond acceptors (Lipinski definition) is 2. The van der Waals surface area contributed by atoms with Gasteiger partial charge in [-0.25, -0.2) is 0 Å². The number of hydrogen-bond donors (Lipinski definition) is 0. The Morgan fingerprint density at radius 3 is 2.04 bits per heavy atom. The van der Waals surface area contributed by atoms with Crippen LogP contribution in [0, 0.1) is 0 Å². The van der Waals surface area contributed by atoms with E-state index in [-0.39, 0.29) is 18.3 Å². The Labute approximate surface area is 150 Å². The molecule has 1 aromatic carbocycles. The SMILES string of the molecule is CCCCC(C[Si](C)(C)c1ccccc1)B1OC(C)(C)C(C)(C)O1. The fraction of sp³-hybridized carbons (Fsp3) is 0.700. The third-order valence-corrected chi connectivity index (χ3v) is 9.35. The summed E-state index contributed by atoms with van der Waals surface area (Å²) in [5.74, 6) is 0.480. The van der Waals surface area contributed by atoms with Gasteiger partial charge in [0.15, 0.2) is 0 Å². The molecule has 1 saturated heterocycles. The van der Waals surface area contributed by atoms with Crippen molar-refractivity contribution >= 4 is 20.4 Å². The summed E-state index contributed by atoms with van der Waals surface area (Å²) < 4.78 is 12.8. The summed E-state index contributed by atoms with van der Waals surface area (Å²) in [5, 5.41) is 1.53. The van der Waals surface area contributed by atoms with Gasteiger partial charge in [0, 0.05) is 0 Å². The Morgan fingerprint density at radius 2 is 1.54 bits per heavy atom. The molecule has 2 rings (SSSR count). The lowest BCUT2D eigenvalue weighted by Crippen LogP contribution is -2.44. The third kappa shape index (κ3) is 4.33. The monoisotopic (exact) mass is 346 g/mol. The summed E-state index contributed by atoms with van der Waals surface area (Å²) in [6, 6.07) is 12.3. The molecule has 1 aromatic rings. The molecule has 4 heteroatoms. The Balaban J connectivity index is 2.17. The second-order valence-corrected chi connectivity index (χ2v) is 13.7. The van der Waals surface area contributed by atoms with E-state index in [9.17, 15) is 0 Å². The lowest BCUT2D eigenvalue weighted by atomic mass is 9.70. The predicted molar refractivity (Wildman–Crippen MR) is 108 cm³/mol. The van der Waals surface area contributed by atoms with Crippen molar-refractivity contribution in [3.05, 3.63) is 30.3 Å². The van der Waals surface area contributed by atoms with E-state index in [1.165, 1.54) is 30.5 Å². The Bertz CT molecular complexity index is 512. The molecule has 1 aliphatic rings. The Morgan fingerprint density at radius 1 is 1.00 bits per heavy atom. The van der Waals surface area contributed by atoms with E-state index in [4.69, 9.17) is 9.31 Å². The van der Waals surface area contributed by atoms with Crippen molar-refractivity contribution in [2.45, 2.75) is 90.0 Å². The average molecular weight is 346 g/mol. The summed E-state index contributed by atoms with van der Waals surface area (Å²) in [4.78, 5) is 0. The van der Waals surface area contributed by atoms with Crippen molar-refractivity contribution in [1.29, 1.82) is 0 Å². The Kier molecular flexibility index (Phi) is 6.04. The maximum Gasteiger partial charge on any atom is 0.460 e. The van der Waals surface area contributed by atoms with Crippen LogP contribution in [0.1, 0.15) is 53.9 Å². The van der Waals surface area contributed by atoms with Gasteiger partial charge in [-0.1, -0.05) is 80.8 Å². The fourth-order valence-corrected chi connectivity index (χ4v) is 6.58. The Hall–Kier alpha value is -0.578. The van der Waals surface area contributed by atoms with Crippen LogP contribution in [-0.2, 0) is 9.31 Å². The van der Waals surface area contributed by atoms with Crippen LogP contribution in [0.15, 0.2) is 30.3 Å². The molecule has 0 aliphatic carbocycles. The molecule has 2 nitrogen and oxygen atoms in total. The normalized spacial score (nSPS) is 21.0. The van der Waals surface area contributed by atoms with E-state index in [1.54, 1.807) is 0 Å². The van der Waals surface area contributed by atoms with Gasteiger partial charge in [-0.15, -0.1) is 0 Å². The predicted octanol–water partition coefficient (Wildman–Crippen LogP) is 5.25. The van der Waals surface area contributed by atoms with Crippen LogP contribution in [-0.4, -0.2) is 26.4 Å². The van der Waals surface area contributed by atoms with Crippen molar-refractivity contribution in [1.82, 2.24) is 0 Å². The first kappa shape index (κ1) is 19.7. The molecule has 0 saturated carbocycles. The molecule has 0 bridgehead atoms. The zero-order valence-corrected chi connectivity index (χ0v) is 17.7. The smallest absolute Gasteiger partial charge is 0.403 e. The molecule has 1 fully saturated rings. The number of rotatable bonds is 7. The van der Waals surface area contributed by atoms with Gasteiger partial charge in [-0.3, -0.25) is 0 Å². The molecular weight excluding hydrogens is 311 g/mol. The third-order valence-electron chi connectivity index (χ3n) is 5.91. The topological polar surface area (TPSA) is 18.5 Å². The summed E-state index contributed by atoms with van der Waals surface area (Å²) in [6.07, 6.45) is 3.66. The standard InChI is InChI=1S/C20H35BO2Si/c1-8-9-13-17(21-22-19(2,3)20(4,5)23-21)16-24(6,7)18-14-11-10-12-15-18/h10-12,14-15,17H,8-9,13,16H2,1-7H3. The summed E-state index contributed by atoms with van der Waals surface area (Å²) in [6.45, 7) is 15.8. The highest BCUT2D eigenvalue weighted by molar-refractivity contribution is 6.90. The van der Waals surface area contributed by atoms with Crippen molar-refractivity contribution in [2.75, 3.05) is 0 Å². The van der Waals surface area contributed by atoms with Crippen molar-refractivity contribution in [3.8, 4) is 0 Å². The van der Waals surface area contributed by atoms with Crippen LogP contribution in [0.25, 0.3) is 0 Å². The van der Waals surface area contributed by atoms with Gasteiger partial charge < -0.3 is 9.31 Å². The maximum atomic E-state index is 6.41. The van der Waals surface area contributed by atoms with Crippen molar-refractivity contribution < 1.29 is 9.31 Å².